The number of amides is 2. The lowest BCUT2D eigenvalue weighted by atomic mass is 9.73. The molecule has 0 fully saturated rings. The summed E-state index contributed by atoms with van der Waals surface area (Å²) in [6.07, 6.45) is 5.48. The lowest BCUT2D eigenvalue weighted by molar-refractivity contribution is -0.149. The van der Waals surface area contributed by atoms with Crippen LogP contribution in [0.15, 0.2) is 42.5 Å². The van der Waals surface area contributed by atoms with E-state index in [1.807, 2.05) is 19.1 Å². The molecule has 11 heteroatoms. The Balaban J connectivity index is 1.44. The van der Waals surface area contributed by atoms with E-state index in [0.717, 1.165) is 44.1 Å². The summed E-state index contributed by atoms with van der Waals surface area (Å²) in [4.78, 5) is 42.2. The number of rotatable bonds is 12. The molecule has 9 nitrogen and oxygen atoms in total. The molecule has 0 saturated carbocycles. The number of hydrogen-bond donors (Lipinski definition) is 1. The highest BCUT2D eigenvalue weighted by Crippen LogP contribution is 2.52. The predicted octanol–water partition coefficient (Wildman–Crippen LogP) is 6.71. The van der Waals surface area contributed by atoms with Crippen molar-refractivity contribution in [1.82, 2.24) is 15.0 Å². The number of carbonyl (C=O) groups excluding carboxylic acids is 3. The van der Waals surface area contributed by atoms with Crippen LogP contribution < -0.4 is 10.2 Å². The van der Waals surface area contributed by atoms with Gasteiger partial charge in [-0.15, -0.1) is 5.10 Å². The van der Waals surface area contributed by atoms with Gasteiger partial charge in [0.25, 0.3) is 0 Å². The SMILES string of the molecule is CCCCCC(CCC)C(=O)OCCN1C(=O)[C@]2(CC(=O)Nc3c2nnn3[C@@H](C)c2ccc(Cl)cc2)c2cc(Cl)ccc21. The van der Waals surface area contributed by atoms with Gasteiger partial charge in [0.15, 0.2) is 5.82 Å². The Labute approximate surface area is 261 Å². The van der Waals surface area contributed by atoms with Gasteiger partial charge >= 0.3 is 5.97 Å². The highest BCUT2D eigenvalue weighted by Gasteiger charge is 2.58. The zero-order chi connectivity index (χ0) is 30.7. The third-order valence-electron chi connectivity index (χ3n) is 8.51. The van der Waals surface area contributed by atoms with E-state index in [1.165, 1.54) is 0 Å². The molecule has 3 aromatic rings. The van der Waals surface area contributed by atoms with Gasteiger partial charge in [-0.3, -0.25) is 14.4 Å². The van der Waals surface area contributed by atoms with Gasteiger partial charge in [0.2, 0.25) is 11.8 Å². The van der Waals surface area contributed by atoms with Crippen LogP contribution in [0, 0.1) is 5.92 Å². The summed E-state index contributed by atoms with van der Waals surface area (Å²) in [7, 11) is 0. The maximum absolute atomic E-state index is 14.4. The Hall–Kier alpha value is -3.43. The quantitative estimate of drug-likeness (QED) is 0.177. The number of benzene rings is 2. The van der Waals surface area contributed by atoms with Crippen LogP contribution in [0.5, 0.6) is 0 Å². The third kappa shape index (κ3) is 5.89. The number of halogens is 2. The van der Waals surface area contributed by atoms with Crippen molar-refractivity contribution in [2.45, 2.75) is 77.2 Å². The summed E-state index contributed by atoms with van der Waals surface area (Å²) in [5.41, 5.74) is 1.05. The van der Waals surface area contributed by atoms with E-state index in [2.05, 4.69) is 29.5 Å². The van der Waals surface area contributed by atoms with Crippen molar-refractivity contribution in [3.63, 3.8) is 0 Å². The summed E-state index contributed by atoms with van der Waals surface area (Å²) in [6.45, 7) is 6.31. The number of aromatic nitrogens is 3. The maximum Gasteiger partial charge on any atom is 0.308 e. The zero-order valence-corrected chi connectivity index (χ0v) is 26.2. The Bertz CT molecular complexity index is 1510. The number of ether oxygens (including phenoxy) is 1. The Morgan fingerprint density at radius 1 is 1.05 bits per heavy atom. The van der Waals surface area contributed by atoms with Gasteiger partial charge in [0.1, 0.15) is 17.7 Å². The fraction of sp³-hybridized carbons (Fsp3) is 0.469. The van der Waals surface area contributed by atoms with Gasteiger partial charge in [0.05, 0.1) is 24.9 Å². The lowest BCUT2D eigenvalue weighted by Crippen LogP contribution is -2.47. The minimum Gasteiger partial charge on any atom is -0.464 e. The number of unbranched alkanes of at least 4 members (excludes halogenated alkanes) is 2. The fourth-order valence-electron chi connectivity index (χ4n) is 6.24. The molecular weight excluding hydrogens is 589 g/mol. The number of hydrogen-bond acceptors (Lipinski definition) is 6. The molecule has 1 unspecified atom stereocenters. The molecule has 0 aliphatic carbocycles. The maximum atomic E-state index is 14.4. The molecule has 2 amide bonds. The highest BCUT2D eigenvalue weighted by molar-refractivity contribution is 6.31. The number of nitrogens with zero attached hydrogens (tertiary/aromatic N) is 4. The summed E-state index contributed by atoms with van der Waals surface area (Å²) in [5.74, 6) is -0.669. The molecule has 2 aliphatic rings. The molecule has 1 N–H and O–H groups in total. The number of nitrogens with one attached hydrogen (secondary N) is 1. The zero-order valence-electron chi connectivity index (χ0n) is 24.7. The van der Waals surface area contributed by atoms with E-state index < -0.39 is 5.41 Å². The van der Waals surface area contributed by atoms with Crippen LogP contribution in [-0.4, -0.2) is 45.9 Å². The second-order valence-electron chi connectivity index (χ2n) is 11.4. The van der Waals surface area contributed by atoms with Crippen molar-refractivity contribution in [1.29, 1.82) is 0 Å². The molecule has 43 heavy (non-hydrogen) atoms. The molecule has 3 atom stereocenters. The van der Waals surface area contributed by atoms with Crippen LogP contribution in [0.2, 0.25) is 10.0 Å². The molecule has 1 aromatic heterocycles. The van der Waals surface area contributed by atoms with Gasteiger partial charge in [-0.2, -0.15) is 0 Å². The number of fused-ring (bicyclic) bond motifs is 4. The van der Waals surface area contributed by atoms with Crippen LogP contribution >= 0.6 is 23.2 Å². The molecular formula is C32H37Cl2N5O4. The summed E-state index contributed by atoms with van der Waals surface area (Å²) < 4.78 is 7.33. The van der Waals surface area contributed by atoms with Crippen molar-refractivity contribution in [3.8, 4) is 0 Å². The standard InChI is InChI=1S/C32H37Cl2N5O4/c1-4-6-7-9-22(8-5-2)30(41)43-17-16-38-26-15-14-24(34)18-25(26)32(31(38)42)19-27(40)35-29-28(32)36-37-39(29)20(3)21-10-12-23(33)13-11-21/h10-15,18,20,22H,4-9,16-17,19H2,1-3H3,(H,35,40)/t20-,22?,32+/m0/s1. The third-order valence-corrected chi connectivity index (χ3v) is 8.99. The van der Waals surface area contributed by atoms with Gasteiger partial charge in [0, 0.05) is 15.7 Å². The smallest absolute Gasteiger partial charge is 0.308 e. The normalized spacial score (nSPS) is 18.8. The molecule has 3 heterocycles. The number of anilines is 2. The summed E-state index contributed by atoms with van der Waals surface area (Å²) in [5, 5.41) is 12.8. The Morgan fingerprint density at radius 3 is 2.51 bits per heavy atom. The second-order valence-corrected chi connectivity index (χ2v) is 12.2. The first-order valence-corrected chi connectivity index (χ1v) is 15.8. The van der Waals surface area contributed by atoms with E-state index in [4.69, 9.17) is 27.9 Å². The first-order valence-electron chi connectivity index (χ1n) is 15.0. The van der Waals surface area contributed by atoms with Crippen molar-refractivity contribution in [2.75, 3.05) is 23.4 Å². The van der Waals surface area contributed by atoms with Crippen molar-refractivity contribution >= 4 is 52.5 Å². The first-order chi connectivity index (χ1) is 20.7. The second kappa shape index (κ2) is 13.1. The number of carbonyl (C=O) groups is 3. The van der Waals surface area contributed by atoms with Crippen LogP contribution in [0.25, 0.3) is 0 Å². The van der Waals surface area contributed by atoms with Crippen LogP contribution in [0.1, 0.15) is 88.6 Å². The van der Waals surface area contributed by atoms with E-state index in [9.17, 15) is 14.4 Å². The minimum atomic E-state index is -1.41. The van der Waals surface area contributed by atoms with Crippen molar-refractivity contribution in [2.24, 2.45) is 5.92 Å². The molecule has 0 radical (unpaired) electrons. The lowest BCUT2D eigenvalue weighted by Gasteiger charge is -2.31. The molecule has 1 spiro atoms. The summed E-state index contributed by atoms with van der Waals surface area (Å²) in [6, 6.07) is 12.2. The van der Waals surface area contributed by atoms with Crippen LogP contribution in [0.4, 0.5) is 11.5 Å². The molecule has 0 saturated heterocycles. The van der Waals surface area contributed by atoms with Gasteiger partial charge in [-0.25, -0.2) is 4.68 Å². The first kappa shape index (κ1) is 31.0. The average molecular weight is 627 g/mol. The fourth-order valence-corrected chi connectivity index (χ4v) is 6.54. The van der Waals surface area contributed by atoms with E-state index in [-0.39, 0.29) is 49.3 Å². The topological polar surface area (TPSA) is 106 Å². The van der Waals surface area contributed by atoms with Crippen LogP contribution in [0.3, 0.4) is 0 Å². The minimum absolute atomic E-state index is 0.0378. The molecule has 5 rings (SSSR count). The van der Waals surface area contributed by atoms with Gasteiger partial charge < -0.3 is 15.0 Å². The van der Waals surface area contributed by atoms with E-state index in [1.54, 1.807) is 39.9 Å². The molecule has 2 aliphatic heterocycles. The van der Waals surface area contributed by atoms with Gasteiger partial charge in [-0.1, -0.05) is 80.1 Å². The monoisotopic (exact) mass is 625 g/mol. The Kier molecular flexibility index (Phi) is 9.42. The molecule has 2 aromatic carbocycles. The predicted molar refractivity (Wildman–Crippen MR) is 167 cm³/mol. The summed E-state index contributed by atoms with van der Waals surface area (Å²) >= 11 is 12.5. The average Bonchev–Trinajstić information content (AvgIpc) is 3.50. The van der Waals surface area contributed by atoms with Crippen molar-refractivity contribution < 1.29 is 19.1 Å². The van der Waals surface area contributed by atoms with Crippen molar-refractivity contribution in [3.05, 3.63) is 69.3 Å². The molecule has 228 valence electrons. The largest absolute Gasteiger partial charge is 0.464 e. The Morgan fingerprint density at radius 2 is 1.79 bits per heavy atom. The van der Waals surface area contributed by atoms with E-state index >= 15 is 0 Å². The molecule has 0 bridgehead atoms. The van der Waals surface area contributed by atoms with E-state index in [0.29, 0.717) is 32.8 Å². The van der Waals surface area contributed by atoms with Gasteiger partial charge in [-0.05, 0) is 61.2 Å². The van der Waals surface area contributed by atoms with Crippen LogP contribution in [-0.2, 0) is 24.5 Å². The highest BCUT2D eigenvalue weighted by atomic mass is 35.5. The number of esters is 1.